The molecule has 2 aliphatic rings. The molecular weight excluding hydrogens is 435 g/mol. The van der Waals surface area contributed by atoms with Gasteiger partial charge in [0.15, 0.2) is 0 Å². The van der Waals surface area contributed by atoms with E-state index in [1.165, 1.54) is 15.2 Å². The number of fused-ring (bicyclic) bond motifs is 2. The average molecular weight is 463 g/mol. The second-order valence-corrected chi connectivity index (χ2v) is 11.9. The molecule has 5 rings (SSSR count). The minimum absolute atomic E-state index is 0.0136. The average Bonchev–Trinajstić information content (AvgIpc) is 3.40. The second-order valence-electron chi connectivity index (χ2n) is 10.2. The van der Waals surface area contributed by atoms with Crippen molar-refractivity contribution in [1.82, 2.24) is 14.9 Å². The molecule has 32 heavy (non-hydrogen) atoms. The van der Waals surface area contributed by atoms with E-state index in [1.807, 2.05) is 28.4 Å². The Morgan fingerprint density at radius 2 is 2.03 bits per heavy atom. The topological polar surface area (TPSA) is 72.8 Å². The van der Waals surface area contributed by atoms with Crippen LogP contribution in [0.2, 0.25) is 0 Å². The monoisotopic (exact) mass is 462 g/mol. The number of nitriles is 1. The van der Waals surface area contributed by atoms with Gasteiger partial charge in [0, 0.05) is 46.0 Å². The van der Waals surface area contributed by atoms with E-state index in [0.29, 0.717) is 11.1 Å². The summed E-state index contributed by atoms with van der Waals surface area (Å²) in [5.41, 5.74) is 3.34. The third-order valence-electron chi connectivity index (χ3n) is 6.86. The van der Waals surface area contributed by atoms with E-state index in [-0.39, 0.29) is 16.7 Å². The van der Waals surface area contributed by atoms with Gasteiger partial charge in [0.1, 0.15) is 0 Å². The summed E-state index contributed by atoms with van der Waals surface area (Å²) in [4.78, 5) is 24.7. The number of amides is 1. The SMILES string of the molecule is CC(C)(C)c1nc2c(s1)CC1(CCN(C(=O)c3cc(C#N)c4cc[nH]c4c3)CC1)CC2=P. The number of benzene rings is 1. The normalized spacial score (nSPS) is 18.1. The Morgan fingerprint density at radius 3 is 2.72 bits per heavy atom. The molecule has 1 aliphatic heterocycles. The van der Waals surface area contributed by atoms with E-state index in [2.05, 4.69) is 40.7 Å². The van der Waals surface area contributed by atoms with Crippen LogP contribution in [-0.4, -0.2) is 39.2 Å². The van der Waals surface area contributed by atoms with Gasteiger partial charge in [-0.25, -0.2) is 4.98 Å². The van der Waals surface area contributed by atoms with Crippen LogP contribution < -0.4 is 0 Å². The van der Waals surface area contributed by atoms with E-state index >= 15 is 0 Å². The maximum absolute atomic E-state index is 13.3. The van der Waals surface area contributed by atoms with Gasteiger partial charge in [-0.05, 0) is 54.6 Å². The van der Waals surface area contributed by atoms with Crippen LogP contribution in [0.1, 0.15) is 71.5 Å². The lowest BCUT2D eigenvalue weighted by Crippen LogP contribution is -2.46. The van der Waals surface area contributed by atoms with Gasteiger partial charge in [0.05, 0.1) is 22.3 Å². The highest BCUT2D eigenvalue weighted by atomic mass is 32.1. The fourth-order valence-corrected chi connectivity index (χ4v) is 6.99. The molecule has 0 bridgehead atoms. The van der Waals surface area contributed by atoms with E-state index in [4.69, 9.17) is 4.98 Å². The summed E-state index contributed by atoms with van der Waals surface area (Å²) in [7, 11) is 3.90. The standard InChI is InChI=1S/C25H27N4OPS/c1-24(2,3)23-28-21-19(31)12-25(13-20(21)32-23)5-8-29(9-6-25)22(30)15-10-16(14-26)17-4-7-27-18(17)11-15/h4,7,10-11,27,31H,5-6,8-9,12-13H2,1-3H3. The van der Waals surface area contributed by atoms with E-state index in [9.17, 15) is 10.1 Å². The maximum atomic E-state index is 13.3. The molecule has 2 aromatic heterocycles. The molecular formula is C25H27N4OPS. The minimum Gasteiger partial charge on any atom is -0.361 e. The smallest absolute Gasteiger partial charge is 0.253 e. The van der Waals surface area contributed by atoms with E-state index in [1.54, 1.807) is 12.3 Å². The number of hydrogen-bond donors (Lipinski definition) is 1. The lowest BCUT2D eigenvalue weighted by molar-refractivity contribution is 0.0586. The zero-order valence-electron chi connectivity index (χ0n) is 18.7. The van der Waals surface area contributed by atoms with E-state index in [0.717, 1.165) is 55.4 Å². The first kappa shape index (κ1) is 21.4. The third kappa shape index (κ3) is 3.58. The summed E-state index contributed by atoms with van der Waals surface area (Å²) in [6.07, 6.45) is 5.79. The largest absolute Gasteiger partial charge is 0.361 e. The number of carbonyl (C=O) groups is 1. The highest BCUT2D eigenvalue weighted by Gasteiger charge is 2.42. The van der Waals surface area contributed by atoms with Crippen LogP contribution in [0, 0.1) is 16.7 Å². The Kier molecular flexibility index (Phi) is 5.04. The van der Waals surface area contributed by atoms with Crippen LogP contribution in [-0.2, 0) is 11.8 Å². The Labute approximate surface area is 194 Å². The number of H-pyrrole nitrogens is 1. The fourth-order valence-electron chi connectivity index (χ4n) is 4.99. The summed E-state index contributed by atoms with van der Waals surface area (Å²) in [6.45, 7) is 8.12. The van der Waals surface area contributed by atoms with Gasteiger partial charge >= 0.3 is 0 Å². The van der Waals surface area contributed by atoms with Crippen LogP contribution in [0.5, 0.6) is 0 Å². The maximum Gasteiger partial charge on any atom is 0.253 e. The number of aromatic amines is 1. The molecule has 7 heteroatoms. The summed E-state index contributed by atoms with van der Waals surface area (Å²) in [5.74, 6) is 0.0136. The van der Waals surface area contributed by atoms with Gasteiger partial charge in [0.2, 0.25) is 0 Å². The van der Waals surface area contributed by atoms with Crippen molar-refractivity contribution in [2.24, 2.45) is 5.41 Å². The van der Waals surface area contributed by atoms with Crippen molar-refractivity contribution in [3.63, 3.8) is 0 Å². The number of thiazole rings is 1. The predicted molar refractivity (Wildman–Crippen MR) is 132 cm³/mol. The molecule has 0 radical (unpaired) electrons. The molecule has 3 aromatic rings. The highest BCUT2D eigenvalue weighted by Crippen LogP contribution is 2.46. The molecule has 164 valence electrons. The zero-order chi connectivity index (χ0) is 22.7. The number of piperidine rings is 1. The number of aromatic nitrogens is 2. The van der Waals surface area contributed by atoms with Crippen molar-refractivity contribution in [3.05, 3.63) is 51.1 Å². The van der Waals surface area contributed by atoms with Crippen molar-refractivity contribution >= 4 is 42.3 Å². The Morgan fingerprint density at radius 1 is 1.28 bits per heavy atom. The summed E-state index contributed by atoms with van der Waals surface area (Å²) in [5, 5.41) is 12.7. The second kappa shape index (κ2) is 7.54. The van der Waals surface area contributed by atoms with Crippen LogP contribution >= 0.6 is 20.2 Å². The van der Waals surface area contributed by atoms with Gasteiger partial charge in [-0.2, -0.15) is 5.26 Å². The minimum atomic E-state index is 0.0136. The number of rotatable bonds is 1. The van der Waals surface area contributed by atoms with Crippen molar-refractivity contribution in [2.75, 3.05) is 13.1 Å². The summed E-state index contributed by atoms with van der Waals surface area (Å²) >= 11 is 1.85. The molecule has 0 unspecified atom stereocenters. The molecule has 0 saturated carbocycles. The molecule has 1 N–H and O–H groups in total. The van der Waals surface area contributed by atoms with Crippen molar-refractivity contribution < 1.29 is 4.79 Å². The first-order valence-corrected chi connectivity index (χ1v) is 12.4. The summed E-state index contributed by atoms with van der Waals surface area (Å²) in [6, 6.07) is 7.70. The zero-order valence-corrected chi connectivity index (χ0v) is 20.5. The number of carbonyl (C=O) groups excluding carboxylic acids is 1. The van der Waals surface area contributed by atoms with Crippen molar-refractivity contribution in [3.8, 4) is 6.07 Å². The Bertz CT molecular complexity index is 1280. The van der Waals surface area contributed by atoms with Gasteiger partial charge in [-0.15, -0.1) is 20.2 Å². The van der Waals surface area contributed by atoms with Crippen LogP contribution in [0.4, 0.5) is 0 Å². The van der Waals surface area contributed by atoms with E-state index < -0.39 is 0 Å². The van der Waals surface area contributed by atoms with Gasteiger partial charge in [-0.3, -0.25) is 4.79 Å². The predicted octanol–water partition coefficient (Wildman–Crippen LogP) is 5.33. The number of nitrogens with one attached hydrogen (secondary N) is 1. The molecule has 1 aliphatic carbocycles. The van der Waals surface area contributed by atoms with Crippen LogP contribution in [0.15, 0.2) is 24.4 Å². The van der Waals surface area contributed by atoms with Gasteiger partial charge in [0.25, 0.3) is 5.91 Å². The fraction of sp³-hybridized carbons (Fsp3) is 0.440. The van der Waals surface area contributed by atoms with Crippen molar-refractivity contribution in [1.29, 1.82) is 5.26 Å². The molecule has 5 nitrogen and oxygen atoms in total. The molecule has 1 amide bonds. The lowest BCUT2D eigenvalue weighted by Gasteiger charge is -2.44. The molecule has 1 saturated heterocycles. The van der Waals surface area contributed by atoms with Crippen molar-refractivity contribution in [2.45, 2.75) is 51.9 Å². The molecule has 3 heterocycles. The summed E-state index contributed by atoms with van der Waals surface area (Å²) < 4.78 is 0. The van der Waals surface area contributed by atoms with Crippen LogP contribution in [0.25, 0.3) is 10.9 Å². The number of likely N-dealkylation sites (tertiary alicyclic amines) is 1. The highest BCUT2D eigenvalue weighted by molar-refractivity contribution is 7.22. The third-order valence-corrected chi connectivity index (χ3v) is 8.75. The molecule has 0 atom stereocenters. The molecule has 1 fully saturated rings. The number of nitrogens with zero attached hydrogens (tertiary/aromatic N) is 3. The quantitative estimate of drug-likeness (QED) is 0.497. The van der Waals surface area contributed by atoms with Crippen LogP contribution in [0.3, 0.4) is 0 Å². The molecule has 1 aromatic carbocycles. The van der Waals surface area contributed by atoms with Gasteiger partial charge < -0.3 is 9.88 Å². The van der Waals surface area contributed by atoms with Gasteiger partial charge in [-0.1, -0.05) is 20.8 Å². The number of hydrogen-bond acceptors (Lipinski definition) is 4. The first-order chi connectivity index (χ1) is 15.2. The Balaban J connectivity index is 1.34. The Hall–Kier alpha value is -2.48. The first-order valence-electron chi connectivity index (χ1n) is 11.1. The lowest BCUT2D eigenvalue weighted by atomic mass is 9.69. The molecule has 1 spiro atoms.